The number of alkyl halides is 3. The van der Waals surface area contributed by atoms with Crippen LogP contribution in [0.1, 0.15) is 38.6 Å². The predicted molar refractivity (Wildman–Crippen MR) is 81.0 cm³/mol. The highest BCUT2D eigenvalue weighted by molar-refractivity contribution is 5.76. The molecule has 0 fully saturated rings. The van der Waals surface area contributed by atoms with Crippen molar-refractivity contribution in [1.82, 2.24) is 15.5 Å². The Morgan fingerprint density at radius 3 is 2.58 bits per heavy atom. The molecular formula is C16H18F3N3O2. The minimum absolute atomic E-state index is 0.0623. The summed E-state index contributed by atoms with van der Waals surface area (Å²) in [5, 5.41) is 6.48. The molecule has 0 unspecified atom stereocenters. The van der Waals surface area contributed by atoms with Crippen molar-refractivity contribution in [3.8, 4) is 11.4 Å². The van der Waals surface area contributed by atoms with Gasteiger partial charge in [-0.1, -0.05) is 17.3 Å². The standard InChI is InChI=1S/C16H18F3N3O2/c1-15(2,3)21-12(23)7-8-13-20-14(22-24-13)10-5-4-6-11(9-10)16(17,18)19/h4-6,9H,7-8H2,1-3H3,(H,21,23). The van der Waals surface area contributed by atoms with E-state index in [0.29, 0.717) is 0 Å². The highest BCUT2D eigenvalue weighted by atomic mass is 19.4. The van der Waals surface area contributed by atoms with Gasteiger partial charge in [-0.2, -0.15) is 18.2 Å². The molecule has 2 rings (SSSR count). The van der Waals surface area contributed by atoms with E-state index in [0.717, 1.165) is 12.1 Å². The Balaban J connectivity index is 2.05. The fraction of sp³-hybridized carbons (Fsp3) is 0.438. The zero-order valence-corrected chi connectivity index (χ0v) is 13.6. The van der Waals surface area contributed by atoms with Crippen molar-refractivity contribution in [3.05, 3.63) is 35.7 Å². The second kappa shape index (κ2) is 6.62. The van der Waals surface area contributed by atoms with E-state index in [1.54, 1.807) is 0 Å². The summed E-state index contributed by atoms with van der Waals surface area (Å²) in [5.74, 6) is 0.0973. The number of aryl methyl sites for hydroxylation is 1. The van der Waals surface area contributed by atoms with Gasteiger partial charge >= 0.3 is 6.18 Å². The molecule has 0 radical (unpaired) electrons. The van der Waals surface area contributed by atoms with Crippen molar-refractivity contribution in [2.24, 2.45) is 0 Å². The predicted octanol–water partition coefficient (Wildman–Crippen LogP) is 3.60. The van der Waals surface area contributed by atoms with E-state index in [1.165, 1.54) is 12.1 Å². The smallest absolute Gasteiger partial charge is 0.351 e. The van der Waals surface area contributed by atoms with E-state index >= 15 is 0 Å². The molecule has 1 heterocycles. The number of amides is 1. The third kappa shape index (κ3) is 5.07. The summed E-state index contributed by atoms with van der Waals surface area (Å²) >= 11 is 0. The number of halogens is 3. The number of carbonyl (C=O) groups excluding carboxylic acids is 1. The third-order valence-electron chi connectivity index (χ3n) is 3.00. The average Bonchev–Trinajstić information content (AvgIpc) is 2.91. The topological polar surface area (TPSA) is 68.0 Å². The van der Waals surface area contributed by atoms with Gasteiger partial charge in [0.1, 0.15) is 0 Å². The van der Waals surface area contributed by atoms with Crippen molar-refractivity contribution >= 4 is 5.91 Å². The highest BCUT2D eigenvalue weighted by Crippen LogP contribution is 2.31. The largest absolute Gasteiger partial charge is 0.416 e. The van der Waals surface area contributed by atoms with Gasteiger partial charge < -0.3 is 9.84 Å². The van der Waals surface area contributed by atoms with Crippen LogP contribution in [0.3, 0.4) is 0 Å². The van der Waals surface area contributed by atoms with Crippen molar-refractivity contribution in [2.45, 2.75) is 45.3 Å². The summed E-state index contributed by atoms with van der Waals surface area (Å²) in [5.41, 5.74) is -0.912. The maximum absolute atomic E-state index is 12.7. The SMILES string of the molecule is CC(C)(C)NC(=O)CCc1nc(-c2cccc(C(F)(F)F)c2)no1. The van der Waals surface area contributed by atoms with Gasteiger partial charge in [0.2, 0.25) is 17.6 Å². The Hall–Kier alpha value is -2.38. The van der Waals surface area contributed by atoms with Crippen LogP contribution in [-0.2, 0) is 17.4 Å². The molecule has 0 atom stereocenters. The summed E-state index contributed by atoms with van der Waals surface area (Å²) in [4.78, 5) is 15.8. The van der Waals surface area contributed by atoms with E-state index in [4.69, 9.17) is 4.52 Å². The number of aromatic nitrogens is 2. The first kappa shape index (κ1) is 18.0. The van der Waals surface area contributed by atoms with E-state index in [9.17, 15) is 18.0 Å². The van der Waals surface area contributed by atoms with E-state index in [1.807, 2.05) is 20.8 Å². The van der Waals surface area contributed by atoms with Crippen LogP contribution >= 0.6 is 0 Å². The van der Waals surface area contributed by atoms with E-state index < -0.39 is 11.7 Å². The maximum atomic E-state index is 12.7. The quantitative estimate of drug-likeness (QED) is 0.922. The number of nitrogens with one attached hydrogen (secondary N) is 1. The van der Waals surface area contributed by atoms with Crippen LogP contribution in [0, 0.1) is 0 Å². The number of hydrogen-bond acceptors (Lipinski definition) is 4. The van der Waals surface area contributed by atoms with Gasteiger partial charge in [0.15, 0.2) is 0 Å². The Kier molecular flexibility index (Phi) is 4.96. The normalized spacial score (nSPS) is 12.2. The molecule has 1 aromatic heterocycles. The first-order valence-electron chi connectivity index (χ1n) is 7.36. The molecule has 1 N–H and O–H groups in total. The second-order valence-electron chi connectivity index (χ2n) is 6.39. The Labute approximate surface area is 137 Å². The van der Waals surface area contributed by atoms with Gasteiger partial charge in [0, 0.05) is 23.9 Å². The highest BCUT2D eigenvalue weighted by Gasteiger charge is 2.30. The summed E-state index contributed by atoms with van der Waals surface area (Å²) in [6, 6.07) is 4.68. The summed E-state index contributed by atoms with van der Waals surface area (Å²) in [6.07, 6.45) is -4.07. The van der Waals surface area contributed by atoms with Crippen LogP contribution in [0.2, 0.25) is 0 Å². The summed E-state index contributed by atoms with van der Waals surface area (Å²) in [7, 11) is 0. The van der Waals surface area contributed by atoms with Gasteiger partial charge in [-0.3, -0.25) is 4.79 Å². The monoisotopic (exact) mass is 341 g/mol. The maximum Gasteiger partial charge on any atom is 0.416 e. The Morgan fingerprint density at radius 2 is 1.96 bits per heavy atom. The molecule has 8 heteroatoms. The van der Waals surface area contributed by atoms with Gasteiger partial charge in [0.25, 0.3) is 0 Å². The molecule has 0 aliphatic heterocycles. The molecular weight excluding hydrogens is 323 g/mol. The first-order valence-corrected chi connectivity index (χ1v) is 7.36. The van der Waals surface area contributed by atoms with Crippen LogP contribution < -0.4 is 5.32 Å². The fourth-order valence-electron chi connectivity index (χ4n) is 2.01. The lowest BCUT2D eigenvalue weighted by Gasteiger charge is -2.20. The molecule has 1 amide bonds. The minimum atomic E-state index is -4.44. The molecule has 1 aromatic carbocycles. The molecule has 0 saturated carbocycles. The van der Waals surface area contributed by atoms with Crippen molar-refractivity contribution < 1.29 is 22.5 Å². The Bertz CT molecular complexity index is 718. The molecule has 0 aliphatic rings. The first-order chi connectivity index (χ1) is 11.0. The molecule has 0 spiro atoms. The number of rotatable bonds is 4. The molecule has 0 saturated heterocycles. The van der Waals surface area contributed by atoms with Crippen LogP contribution in [0.5, 0.6) is 0 Å². The lowest BCUT2D eigenvalue weighted by molar-refractivity contribution is -0.137. The zero-order valence-electron chi connectivity index (χ0n) is 13.6. The fourth-order valence-corrected chi connectivity index (χ4v) is 2.01. The minimum Gasteiger partial charge on any atom is -0.351 e. The van der Waals surface area contributed by atoms with Crippen LogP contribution in [0.4, 0.5) is 13.2 Å². The molecule has 130 valence electrons. The number of hydrogen-bond donors (Lipinski definition) is 1. The van der Waals surface area contributed by atoms with Gasteiger partial charge in [-0.15, -0.1) is 0 Å². The lowest BCUT2D eigenvalue weighted by Crippen LogP contribution is -2.40. The van der Waals surface area contributed by atoms with Crippen LogP contribution in [0.25, 0.3) is 11.4 Å². The van der Waals surface area contributed by atoms with Crippen molar-refractivity contribution in [2.75, 3.05) is 0 Å². The van der Waals surface area contributed by atoms with Crippen molar-refractivity contribution in [3.63, 3.8) is 0 Å². The summed E-state index contributed by atoms with van der Waals surface area (Å²) < 4.78 is 43.2. The van der Waals surface area contributed by atoms with Crippen LogP contribution in [0.15, 0.2) is 28.8 Å². The number of carbonyl (C=O) groups is 1. The zero-order chi connectivity index (χ0) is 18.0. The molecule has 24 heavy (non-hydrogen) atoms. The average molecular weight is 341 g/mol. The van der Waals surface area contributed by atoms with E-state index in [2.05, 4.69) is 15.5 Å². The van der Waals surface area contributed by atoms with Crippen LogP contribution in [-0.4, -0.2) is 21.6 Å². The van der Waals surface area contributed by atoms with Gasteiger partial charge in [0.05, 0.1) is 5.56 Å². The summed E-state index contributed by atoms with van der Waals surface area (Å²) in [6.45, 7) is 5.59. The van der Waals surface area contributed by atoms with Crippen molar-refractivity contribution in [1.29, 1.82) is 0 Å². The molecule has 0 bridgehead atoms. The number of benzene rings is 1. The molecule has 5 nitrogen and oxygen atoms in total. The van der Waals surface area contributed by atoms with E-state index in [-0.39, 0.29) is 41.6 Å². The van der Waals surface area contributed by atoms with Gasteiger partial charge in [-0.25, -0.2) is 0 Å². The number of nitrogens with zero attached hydrogens (tertiary/aromatic N) is 2. The lowest BCUT2D eigenvalue weighted by atomic mass is 10.1. The molecule has 0 aliphatic carbocycles. The Morgan fingerprint density at radius 1 is 1.25 bits per heavy atom. The third-order valence-corrected chi connectivity index (χ3v) is 3.00. The molecule has 2 aromatic rings. The second-order valence-corrected chi connectivity index (χ2v) is 6.39. The van der Waals surface area contributed by atoms with Gasteiger partial charge in [-0.05, 0) is 32.9 Å².